The van der Waals surface area contributed by atoms with E-state index in [0.29, 0.717) is 0 Å². The smallest absolute Gasteiger partial charge is 0.0538 e. The Kier molecular flexibility index (Phi) is 3.03. The summed E-state index contributed by atoms with van der Waals surface area (Å²) in [5, 5.41) is 0. The summed E-state index contributed by atoms with van der Waals surface area (Å²) in [4.78, 5) is 0. The van der Waals surface area contributed by atoms with E-state index in [2.05, 4.69) is 20.8 Å². The van der Waals surface area contributed by atoms with Crippen molar-refractivity contribution in [1.82, 2.24) is 0 Å². The maximum atomic E-state index is 5.94. The fourth-order valence-electron chi connectivity index (χ4n) is 2.37. The van der Waals surface area contributed by atoms with E-state index >= 15 is 0 Å². The molecule has 1 unspecified atom stereocenters. The van der Waals surface area contributed by atoms with Gasteiger partial charge in [-0.05, 0) is 24.2 Å². The van der Waals surface area contributed by atoms with Crippen LogP contribution >= 0.6 is 0 Å². The summed E-state index contributed by atoms with van der Waals surface area (Å²) in [7, 11) is 1.78. The van der Waals surface area contributed by atoms with Gasteiger partial charge in [0.2, 0.25) is 0 Å². The van der Waals surface area contributed by atoms with Gasteiger partial charge in [0.1, 0.15) is 0 Å². The van der Waals surface area contributed by atoms with Crippen LogP contribution in [0.25, 0.3) is 0 Å². The summed E-state index contributed by atoms with van der Waals surface area (Å²) in [6, 6.07) is 0. The van der Waals surface area contributed by atoms with Crippen molar-refractivity contribution in [2.75, 3.05) is 20.3 Å². The molecule has 0 heterocycles. The zero-order chi connectivity index (χ0) is 10.1. The van der Waals surface area contributed by atoms with E-state index in [4.69, 9.17) is 10.5 Å². The highest BCUT2D eigenvalue weighted by Crippen LogP contribution is 2.54. The molecule has 1 rings (SSSR count). The highest BCUT2D eigenvalue weighted by Gasteiger charge is 2.51. The first kappa shape index (κ1) is 11.0. The summed E-state index contributed by atoms with van der Waals surface area (Å²) in [6.07, 6.45) is 2.66. The zero-order valence-electron chi connectivity index (χ0n) is 9.39. The van der Waals surface area contributed by atoms with Crippen LogP contribution in [0.3, 0.4) is 0 Å². The summed E-state index contributed by atoms with van der Waals surface area (Å²) in [6.45, 7) is 8.37. The Morgan fingerprint density at radius 2 is 1.85 bits per heavy atom. The SMILES string of the molecule is COCC(CN)(C1CC1)C(C)(C)C. The molecule has 0 aromatic heterocycles. The molecule has 2 heteroatoms. The van der Waals surface area contributed by atoms with Crippen LogP contribution in [0.15, 0.2) is 0 Å². The van der Waals surface area contributed by atoms with Gasteiger partial charge in [-0.25, -0.2) is 0 Å². The maximum absolute atomic E-state index is 5.94. The van der Waals surface area contributed by atoms with Crippen LogP contribution in [0, 0.1) is 16.7 Å². The normalized spacial score (nSPS) is 22.8. The molecule has 0 amide bonds. The van der Waals surface area contributed by atoms with Gasteiger partial charge in [-0.2, -0.15) is 0 Å². The van der Waals surface area contributed by atoms with E-state index in [9.17, 15) is 0 Å². The minimum Gasteiger partial charge on any atom is -0.384 e. The van der Waals surface area contributed by atoms with Gasteiger partial charge >= 0.3 is 0 Å². The van der Waals surface area contributed by atoms with Crippen LogP contribution in [0.1, 0.15) is 33.6 Å². The lowest BCUT2D eigenvalue weighted by atomic mass is 9.64. The Morgan fingerprint density at radius 3 is 2.08 bits per heavy atom. The van der Waals surface area contributed by atoms with Gasteiger partial charge < -0.3 is 10.5 Å². The second-order valence-electron chi connectivity index (χ2n) is 5.32. The topological polar surface area (TPSA) is 35.2 Å². The minimum atomic E-state index is 0.196. The average molecular weight is 185 g/mol. The predicted molar refractivity (Wildman–Crippen MR) is 55.5 cm³/mol. The third kappa shape index (κ3) is 1.89. The van der Waals surface area contributed by atoms with Crippen molar-refractivity contribution in [1.29, 1.82) is 0 Å². The molecular weight excluding hydrogens is 162 g/mol. The van der Waals surface area contributed by atoms with Crippen LogP contribution in [-0.2, 0) is 4.74 Å². The molecule has 2 nitrogen and oxygen atoms in total. The largest absolute Gasteiger partial charge is 0.384 e. The number of hydrogen-bond donors (Lipinski definition) is 1. The Balaban J connectivity index is 2.81. The molecule has 0 spiro atoms. The van der Waals surface area contributed by atoms with Crippen LogP contribution in [0.4, 0.5) is 0 Å². The third-order valence-electron chi connectivity index (χ3n) is 3.62. The van der Waals surface area contributed by atoms with E-state index in [1.165, 1.54) is 12.8 Å². The van der Waals surface area contributed by atoms with Gasteiger partial charge in [0.25, 0.3) is 0 Å². The van der Waals surface area contributed by atoms with E-state index in [0.717, 1.165) is 19.1 Å². The highest BCUT2D eigenvalue weighted by molar-refractivity contribution is 5.01. The molecule has 1 atom stereocenters. The van der Waals surface area contributed by atoms with Crippen molar-refractivity contribution in [2.45, 2.75) is 33.6 Å². The molecule has 2 N–H and O–H groups in total. The van der Waals surface area contributed by atoms with Crippen LogP contribution in [0.5, 0.6) is 0 Å². The van der Waals surface area contributed by atoms with Crippen molar-refractivity contribution in [2.24, 2.45) is 22.5 Å². The van der Waals surface area contributed by atoms with Crippen molar-refractivity contribution in [3.05, 3.63) is 0 Å². The molecule has 0 aromatic rings. The van der Waals surface area contributed by atoms with Crippen molar-refractivity contribution < 1.29 is 4.74 Å². The van der Waals surface area contributed by atoms with Gasteiger partial charge in [-0.15, -0.1) is 0 Å². The lowest BCUT2D eigenvalue weighted by Gasteiger charge is -2.44. The number of nitrogens with two attached hydrogens (primary N) is 1. The van der Waals surface area contributed by atoms with Gasteiger partial charge in [-0.3, -0.25) is 0 Å². The number of ether oxygens (including phenoxy) is 1. The molecule has 0 aliphatic heterocycles. The summed E-state index contributed by atoms with van der Waals surface area (Å²) in [5.41, 5.74) is 6.39. The lowest BCUT2D eigenvalue weighted by Crippen LogP contribution is -2.47. The van der Waals surface area contributed by atoms with Gasteiger partial charge in [0, 0.05) is 19.1 Å². The molecule has 1 aliphatic carbocycles. The van der Waals surface area contributed by atoms with Crippen molar-refractivity contribution in [3.8, 4) is 0 Å². The Morgan fingerprint density at radius 1 is 1.31 bits per heavy atom. The first-order valence-electron chi connectivity index (χ1n) is 5.17. The quantitative estimate of drug-likeness (QED) is 0.727. The van der Waals surface area contributed by atoms with E-state index in [1.807, 2.05) is 0 Å². The Bertz CT molecular complexity index is 169. The number of methoxy groups -OCH3 is 1. The fraction of sp³-hybridized carbons (Fsp3) is 1.00. The molecule has 0 radical (unpaired) electrons. The average Bonchev–Trinajstić information content (AvgIpc) is 2.80. The Labute approximate surface area is 81.8 Å². The fourth-order valence-corrected chi connectivity index (χ4v) is 2.37. The van der Waals surface area contributed by atoms with Crippen LogP contribution < -0.4 is 5.73 Å². The summed E-state index contributed by atoms with van der Waals surface area (Å²) in [5.74, 6) is 0.789. The number of hydrogen-bond acceptors (Lipinski definition) is 2. The monoisotopic (exact) mass is 185 g/mol. The Hall–Kier alpha value is -0.0800. The zero-order valence-corrected chi connectivity index (χ0v) is 9.39. The molecule has 0 saturated heterocycles. The van der Waals surface area contributed by atoms with E-state index < -0.39 is 0 Å². The summed E-state index contributed by atoms with van der Waals surface area (Å²) >= 11 is 0. The van der Waals surface area contributed by atoms with Gasteiger partial charge in [0.15, 0.2) is 0 Å². The maximum Gasteiger partial charge on any atom is 0.0538 e. The minimum absolute atomic E-state index is 0.196. The second kappa shape index (κ2) is 3.58. The molecule has 1 aliphatic rings. The second-order valence-corrected chi connectivity index (χ2v) is 5.32. The van der Waals surface area contributed by atoms with Crippen LogP contribution in [-0.4, -0.2) is 20.3 Å². The van der Waals surface area contributed by atoms with E-state index in [1.54, 1.807) is 7.11 Å². The lowest BCUT2D eigenvalue weighted by molar-refractivity contribution is -0.0178. The molecule has 13 heavy (non-hydrogen) atoms. The molecule has 1 fully saturated rings. The predicted octanol–water partition coefficient (Wildman–Crippen LogP) is 2.03. The first-order chi connectivity index (χ1) is 5.98. The highest BCUT2D eigenvalue weighted by atomic mass is 16.5. The van der Waals surface area contributed by atoms with Gasteiger partial charge in [-0.1, -0.05) is 20.8 Å². The third-order valence-corrected chi connectivity index (χ3v) is 3.62. The summed E-state index contributed by atoms with van der Waals surface area (Å²) < 4.78 is 5.35. The van der Waals surface area contributed by atoms with Crippen molar-refractivity contribution in [3.63, 3.8) is 0 Å². The van der Waals surface area contributed by atoms with E-state index in [-0.39, 0.29) is 10.8 Å². The molecule has 1 saturated carbocycles. The standard InChI is InChI=1S/C11H23NO/c1-10(2,3)11(7-12,8-13-4)9-5-6-9/h9H,5-8,12H2,1-4H3. The van der Waals surface area contributed by atoms with Gasteiger partial charge in [0.05, 0.1) is 6.61 Å². The molecule has 78 valence electrons. The number of rotatable bonds is 4. The van der Waals surface area contributed by atoms with Crippen molar-refractivity contribution >= 4 is 0 Å². The molecular formula is C11H23NO. The molecule has 0 aromatic carbocycles. The first-order valence-corrected chi connectivity index (χ1v) is 5.17. The van der Waals surface area contributed by atoms with Crippen LogP contribution in [0.2, 0.25) is 0 Å². The molecule has 0 bridgehead atoms.